The Morgan fingerprint density at radius 1 is 1.28 bits per heavy atom. The summed E-state index contributed by atoms with van der Waals surface area (Å²) in [5.41, 5.74) is 0.810. The minimum Gasteiger partial charge on any atom is -0.490 e. The van der Waals surface area contributed by atoms with Crippen molar-refractivity contribution in [2.45, 2.75) is 31.8 Å². The first-order valence-electron chi connectivity index (χ1n) is 5.68. The van der Waals surface area contributed by atoms with Gasteiger partial charge in [-0.05, 0) is 38.5 Å². The quantitative estimate of drug-likeness (QED) is 0.796. The lowest BCUT2D eigenvalue weighted by atomic mass is 10.2. The van der Waals surface area contributed by atoms with Gasteiger partial charge in [0.1, 0.15) is 17.3 Å². The second-order valence-electron chi connectivity index (χ2n) is 4.26. The maximum atomic E-state index is 11.4. The second-order valence-corrected chi connectivity index (χ2v) is 5.79. The fourth-order valence-electron chi connectivity index (χ4n) is 1.39. The van der Waals surface area contributed by atoms with Gasteiger partial charge >= 0.3 is 0 Å². The van der Waals surface area contributed by atoms with Gasteiger partial charge in [0.05, 0.1) is 12.7 Å². The molecule has 5 nitrogen and oxygen atoms in total. The highest BCUT2D eigenvalue weighted by Gasteiger charge is 2.15. The van der Waals surface area contributed by atoms with E-state index in [-0.39, 0.29) is 23.4 Å². The maximum Gasteiger partial charge on any atom is 0.241 e. The Balaban J connectivity index is 2.77. The van der Waals surface area contributed by atoms with Crippen LogP contribution in [0.3, 0.4) is 0 Å². The van der Waals surface area contributed by atoms with Crippen molar-refractivity contribution in [2.75, 3.05) is 13.2 Å². The van der Waals surface area contributed by atoms with Gasteiger partial charge < -0.3 is 9.47 Å². The molecule has 0 aliphatic carbocycles. The number of rotatable bonds is 6. The number of nitrogens with two attached hydrogens (primary N) is 1. The molecule has 1 aromatic rings. The van der Waals surface area contributed by atoms with Crippen molar-refractivity contribution < 1.29 is 17.9 Å². The van der Waals surface area contributed by atoms with Gasteiger partial charge in [-0.3, -0.25) is 0 Å². The fraction of sp³-hybridized carbons (Fsp3) is 0.500. The molecule has 0 aliphatic rings. The second kappa shape index (κ2) is 6.17. The molecule has 6 heteroatoms. The predicted molar refractivity (Wildman–Crippen MR) is 69.1 cm³/mol. The summed E-state index contributed by atoms with van der Waals surface area (Å²) < 4.78 is 33.5. The molecule has 0 saturated heterocycles. The van der Waals surface area contributed by atoms with E-state index in [0.717, 1.165) is 5.56 Å². The normalized spacial score (nSPS) is 11.8. The average Bonchev–Trinajstić information content (AvgIpc) is 2.24. The number of ether oxygens (including phenoxy) is 2. The van der Waals surface area contributed by atoms with Gasteiger partial charge in [0.2, 0.25) is 10.0 Å². The summed E-state index contributed by atoms with van der Waals surface area (Å²) in [7, 11) is -3.78. The van der Waals surface area contributed by atoms with E-state index < -0.39 is 10.0 Å². The Morgan fingerprint density at radius 2 is 1.94 bits per heavy atom. The first-order chi connectivity index (χ1) is 8.30. The topological polar surface area (TPSA) is 78.6 Å². The van der Waals surface area contributed by atoms with Crippen molar-refractivity contribution in [3.05, 3.63) is 23.8 Å². The molecule has 1 aromatic carbocycles. The summed E-state index contributed by atoms with van der Waals surface area (Å²) in [6, 6.07) is 4.87. The SMILES string of the molecule is Cc1ccc(OCCOC(C)C)c(S(N)(=O)=O)c1. The van der Waals surface area contributed by atoms with Crippen LogP contribution in [0.1, 0.15) is 19.4 Å². The lowest BCUT2D eigenvalue weighted by Crippen LogP contribution is -2.16. The smallest absolute Gasteiger partial charge is 0.241 e. The van der Waals surface area contributed by atoms with Gasteiger partial charge in [-0.25, -0.2) is 13.6 Å². The largest absolute Gasteiger partial charge is 0.490 e. The monoisotopic (exact) mass is 273 g/mol. The number of benzene rings is 1. The first kappa shape index (κ1) is 14.9. The molecule has 0 radical (unpaired) electrons. The average molecular weight is 273 g/mol. The van der Waals surface area contributed by atoms with Crippen LogP contribution in [0.5, 0.6) is 5.75 Å². The summed E-state index contributed by atoms with van der Waals surface area (Å²) in [4.78, 5) is 0.00652. The molecular formula is C12H19NO4S. The van der Waals surface area contributed by atoms with Crippen LogP contribution in [0.4, 0.5) is 0 Å². The highest BCUT2D eigenvalue weighted by molar-refractivity contribution is 7.89. The van der Waals surface area contributed by atoms with Crippen LogP contribution in [-0.2, 0) is 14.8 Å². The molecule has 0 unspecified atom stereocenters. The van der Waals surface area contributed by atoms with Gasteiger partial charge in [0, 0.05) is 0 Å². The zero-order chi connectivity index (χ0) is 13.8. The fourth-order valence-corrected chi connectivity index (χ4v) is 2.15. The molecule has 0 atom stereocenters. The lowest BCUT2D eigenvalue weighted by molar-refractivity contribution is 0.0546. The number of hydrogen-bond acceptors (Lipinski definition) is 4. The standard InChI is InChI=1S/C12H19NO4S/c1-9(2)16-6-7-17-11-5-4-10(3)8-12(11)18(13,14)15/h4-5,8-9H,6-7H2,1-3H3,(H2,13,14,15). The molecule has 18 heavy (non-hydrogen) atoms. The summed E-state index contributed by atoms with van der Waals surface area (Å²) >= 11 is 0. The number of primary sulfonamides is 1. The molecule has 0 aliphatic heterocycles. The lowest BCUT2D eigenvalue weighted by Gasteiger charge is -2.12. The Hall–Kier alpha value is -1.11. The summed E-state index contributed by atoms with van der Waals surface area (Å²) in [6.07, 6.45) is 0.115. The molecule has 0 amide bonds. The van der Waals surface area contributed by atoms with Crippen molar-refractivity contribution >= 4 is 10.0 Å². The molecule has 0 bridgehead atoms. The minimum absolute atomic E-state index is 0.00652. The minimum atomic E-state index is -3.78. The van der Waals surface area contributed by atoms with E-state index in [4.69, 9.17) is 14.6 Å². The molecule has 2 N–H and O–H groups in total. The number of aryl methyl sites for hydroxylation is 1. The van der Waals surface area contributed by atoms with E-state index in [0.29, 0.717) is 6.61 Å². The van der Waals surface area contributed by atoms with E-state index in [2.05, 4.69) is 0 Å². The van der Waals surface area contributed by atoms with Gasteiger partial charge in [0.25, 0.3) is 0 Å². The van der Waals surface area contributed by atoms with Crippen LogP contribution in [0.25, 0.3) is 0 Å². The molecule has 102 valence electrons. The number of sulfonamides is 1. The van der Waals surface area contributed by atoms with Crippen LogP contribution < -0.4 is 9.88 Å². The van der Waals surface area contributed by atoms with E-state index in [1.54, 1.807) is 19.1 Å². The Bertz CT molecular complexity index is 497. The predicted octanol–water partition coefficient (Wildman–Crippen LogP) is 1.45. The Labute approximate surface area is 108 Å². The maximum absolute atomic E-state index is 11.4. The highest BCUT2D eigenvalue weighted by Crippen LogP contribution is 2.23. The third kappa shape index (κ3) is 4.64. The van der Waals surface area contributed by atoms with Gasteiger partial charge in [-0.1, -0.05) is 6.07 Å². The molecule has 0 heterocycles. The molecule has 0 fully saturated rings. The van der Waals surface area contributed by atoms with Crippen LogP contribution in [-0.4, -0.2) is 27.7 Å². The van der Waals surface area contributed by atoms with E-state index in [9.17, 15) is 8.42 Å². The van der Waals surface area contributed by atoms with Crippen molar-refractivity contribution in [3.8, 4) is 5.75 Å². The van der Waals surface area contributed by atoms with Crippen LogP contribution >= 0.6 is 0 Å². The van der Waals surface area contributed by atoms with Crippen molar-refractivity contribution in [1.82, 2.24) is 0 Å². The molecule has 1 rings (SSSR count). The van der Waals surface area contributed by atoms with Crippen LogP contribution in [0.15, 0.2) is 23.1 Å². The number of hydrogen-bond donors (Lipinski definition) is 1. The van der Waals surface area contributed by atoms with Crippen LogP contribution in [0.2, 0.25) is 0 Å². The molecule has 0 spiro atoms. The van der Waals surface area contributed by atoms with Gasteiger partial charge in [0.15, 0.2) is 0 Å². The molecule has 0 aromatic heterocycles. The third-order valence-corrected chi connectivity index (χ3v) is 3.13. The third-order valence-electron chi connectivity index (χ3n) is 2.20. The highest BCUT2D eigenvalue weighted by atomic mass is 32.2. The van der Waals surface area contributed by atoms with E-state index in [1.165, 1.54) is 6.07 Å². The molecular weight excluding hydrogens is 254 g/mol. The zero-order valence-electron chi connectivity index (χ0n) is 10.8. The summed E-state index contributed by atoms with van der Waals surface area (Å²) in [6.45, 7) is 6.31. The summed E-state index contributed by atoms with van der Waals surface area (Å²) in [5.74, 6) is 0.260. The van der Waals surface area contributed by atoms with E-state index >= 15 is 0 Å². The van der Waals surface area contributed by atoms with Gasteiger partial charge in [-0.2, -0.15) is 0 Å². The first-order valence-corrected chi connectivity index (χ1v) is 7.23. The van der Waals surface area contributed by atoms with Crippen molar-refractivity contribution in [3.63, 3.8) is 0 Å². The van der Waals surface area contributed by atoms with E-state index in [1.807, 2.05) is 13.8 Å². The van der Waals surface area contributed by atoms with Crippen molar-refractivity contribution in [2.24, 2.45) is 5.14 Å². The Morgan fingerprint density at radius 3 is 2.50 bits per heavy atom. The Kier molecular flexibility index (Phi) is 5.13. The molecule has 0 saturated carbocycles. The summed E-state index contributed by atoms with van der Waals surface area (Å²) in [5, 5.41) is 5.14. The van der Waals surface area contributed by atoms with Gasteiger partial charge in [-0.15, -0.1) is 0 Å². The zero-order valence-corrected chi connectivity index (χ0v) is 11.7. The van der Waals surface area contributed by atoms with Crippen molar-refractivity contribution in [1.29, 1.82) is 0 Å². The van der Waals surface area contributed by atoms with Crippen LogP contribution in [0, 0.1) is 6.92 Å².